The highest BCUT2D eigenvalue weighted by atomic mass is 35.5. The fourth-order valence-electron chi connectivity index (χ4n) is 3.85. The zero-order valence-corrected chi connectivity index (χ0v) is 18.6. The maximum atomic E-state index is 6.90. The number of rotatable bonds is 5. The Balaban J connectivity index is 2.46. The second-order valence-corrected chi connectivity index (χ2v) is 8.28. The van der Waals surface area contributed by atoms with Crippen molar-refractivity contribution in [2.75, 3.05) is 33.1 Å². The fourth-order valence-corrected chi connectivity index (χ4v) is 4.93. The monoisotopic (exact) mass is 432 g/mol. The van der Waals surface area contributed by atoms with Gasteiger partial charge in [0, 0.05) is 19.7 Å². The lowest BCUT2D eigenvalue weighted by atomic mass is 9.76. The van der Waals surface area contributed by atoms with Gasteiger partial charge < -0.3 is 4.90 Å². The van der Waals surface area contributed by atoms with Crippen molar-refractivity contribution in [2.45, 2.75) is 5.54 Å². The van der Waals surface area contributed by atoms with Gasteiger partial charge in [-0.15, -0.1) is 0 Å². The number of benzene rings is 3. The van der Waals surface area contributed by atoms with Crippen LogP contribution >= 0.6 is 34.8 Å². The third-order valence-electron chi connectivity index (χ3n) is 5.03. The molecule has 0 amide bonds. The fraction of sp³-hybridized carbons (Fsp3) is 0.217. The van der Waals surface area contributed by atoms with E-state index in [9.17, 15) is 0 Å². The molecule has 3 aromatic carbocycles. The Morgan fingerprint density at radius 1 is 0.679 bits per heavy atom. The molecule has 0 aliphatic carbocycles. The van der Waals surface area contributed by atoms with E-state index in [2.05, 4.69) is 29.2 Å². The van der Waals surface area contributed by atoms with Crippen molar-refractivity contribution in [1.82, 2.24) is 4.90 Å². The van der Waals surface area contributed by atoms with Gasteiger partial charge in [0.05, 0.1) is 26.3 Å². The van der Waals surface area contributed by atoms with E-state index in [1.165, 1.54) is 0 Å². The lowest BCUT2D eigenvalue weighted by molar-refractivity contribution is 0.247. The molecule has 0 heterocycles. The minimum absolute atomic E-state index is 0.451. The van der Waals surface area contributed by atoms with Crippen molar-refractivity contribution >= 4 is 40.5 Å². The molecule has 0 radical (unpaired) electrons. The van der Waals surface area contributed by atoms with Crippen LogP contribution in [0.3, 0.4) is 0 Å². The molecular weight excluding hydrogens is 411 g/mol. The summed E-state index contributed by atoms with van der Waals surface area (Å²) in [5.41, 5.74) is 3.07. The standard InChI is InChI=1S/C23H23Cl3N2/c1-27(2)22-19(24)15-18(20(25)21(22)26)23(28(3)4,16-11-7-5-8-12-16)17-13-9-6-10-14-17/h5-15H,1-4H3. The Kier molecular flexibility index (Phi) is 6.26. The van der Waals surface area contributed by atoms with Gasteiger partial charge in [-0.2, -0.15) is 0 Å². The summed E-state index contributed by atoms with van der Waals surface area (Å²) >= 11 is 20.3. The lowest BCUT2D eigenvalue weighted by Crippen LogP contribution is -2.44. The lowest BCUT2D eigenvalue weighted by Gasteiger charge is -2.42. The molecule has 0 aromatic heterocycles. The molecule has 0 spiro atoms. The molecular formula is C23H23Cl3N2. The van der Waals surface area contributed by atoms with Gasteiger partial charge in [-0.05, 0) is 31.3 Å². The molecule has 146 valence electrons. The van der Waals surface area contributed by atoms with E-state index >= 15 is 0 Å². The van der Waals surface area contributed by atoms with Crippen LogP contribution in [0.2, 0.25) is 15.1 Å². The summed E-state index contributed by atoms with van der Waals surface area (Å²) in [5.74, 6) is 0. The van der Waals surface area contributed by atoms with Gasteiger partial charge in [-0.1, -0.05) is 95.5 Å². The van der Waals surface area contributed by atoms with Gasteiger partial charge in [-0.25, -0.2) is 0 Å². The van der Waals surface area contributed by atoms with Gasteiger partial charge in [0.25, 0.3) is 0 Å². The predicted octanol–water partition coefficient (Wildman–Crippen LogP) is 6.57. The molecule has 0 fully saturated rings. The Bertz CT molecular complexity index is 915. The van der Waals surface area contributed by atoms with Gasteiger partial charge in [0.1, 0.15) is 0 Å². The second-order valence-electron chi connectivity index (χ2n) is 7.11. The third-order valence-corrected chi connectivity index (χ3v) is 6.17. The van der Waals surface area contributed by atoms with E-state index in [4.69, 9.17) is 34.8 Å². The minimum atomic E-state index is -0.655. The van der Waals surface area contributed by atoms with Crippen LogP contribution in [0.4, 0.5) is 5.69 Å². The second kappa shape index (κ2) is 8.34. The van der Waals surface area contributed by atoms with E-state index in [0.29, 0.717) is 20.8 Å². The summed E-state index contributed by atoms with van der Waals surface area (Å²) in [6.45, 7) is 0. The number of nitrogens with zero attached hydrogens (tertiary/aromatic N) is 2. The number of hydrogen-bond donors (Lipinski definition) is 0. The summed E-state index contributed by atoms with van der Waals surface area (Å²) in [6.07, 6.45) is 0. The highest BCUT2D eigenvalue weighted by Gasteiger charge is 2.41. The normalized spacial score (nSPS) is 11.7. The van der Waals surface area contributed by atoms with Gasteiger partial charge in [0.2, 0.25) is 0 Å². The van der Waals surface area contributed by atoms with Gasteiger partial charge in [0.15, 0.2) is 0 Å². The highest BCUT2D eigenvalue weighted by molar-refractivity contribution is 6.46. The average Bonchev–Trinajstić information content (AvgIpc) is 2.67. The van der Waals surface area contributed by atoms with Crippen molar-refractivity contribution in [3.8, 4) is 0 Å². The molecule has 28 heavy (non-hydrogen) atoms. The summed E-state index contributed by atoms with van der Waals surface area (Å²) < 4.78 is 0. The largest absolute Gasteiger partial charge is 0.375 e. The molecule has 0 saturated carbocycles. The van der Waals surface area contributed by atoms with Crippen molar-refractivity contribution in [3.63, 3.8) is 0 Å². The number of halogens is 3. The first-order valence-electron chi connectivity index (χ1n) is 8.95. The molecule has 5 heteroatoms. The summed E-state index contributed by atoms with van der Waals surface area (Å²) in [6, 6.07) is 22.5. The zero-order chi connectivity index (χ0) is 20.5. The van der Waals surface area contributed by atoms with E-state index in [0.717, 1.165) is 16.7 Å². The van der Waals surface area contributed by atoms with Crippen LogP contribution in [0.1, 0.15) is 16.7 Å². The molecule has 0 saturated heterocycles. The topological polar surface area (TPSA) is 6.48 Å². The first-order chi connectivity index (χ1) is 13.3. The summed E-state index contributed by atoms with van der Waals surface area (Å²) in [4.78, 5) is 4.03. The molecule has 0 atom stereocenters. The van der Waals surface area contributed by atoms with Crippen LogP contribution in [0.15, 0.2) is 66.7 Å². The molecule has 0 aliphatic heterocycles. The maximum absolute atomic E-state index is 6.90. The van der Waals surface area contributed by atoms with Gasteiger partial charge >= 0.3 is 0 Å². The molecule has 0 N–H and O–H groups in total. The Morgan fingerprint density at radius 3 is 1.54 bits per heavy atom. The first-order valence-corrected chi connectivity index (χ1v) is 10.1. The van der Waals surface area contributed by atoms with E-state index in [1.807, 2.05) is 75.6 Å². The van der Waals surface area contributed by atoms with Crippen LogP contribution in [-0.4, -0.2) is 33.1 Å². The van der Waals surface area contributed by atoms with Crippen LogP contribution in [0.5, 0.6) is 0 Å². The van der Waals surface area contributed by atoms with Crippen molar-refractivity contribution < 1.29 is 0 Å². The van der Waals surface area contributed by atoms with Crippen LogP contribution < -0.4 is 4.90 Å². The van der Waals surface area contributed by atoms with Gasteiger partial charge in [-0.3, -0.25) is 4.90 Å². The SMILES string of the molecule is CN(C)c1c(Cl)cc(C(c2ccccc2)(c2ccccc2)N(C)C)c(Cl)c1Cl. The molecule has 3 aromatic rings. The third kappa shape index (κ3) is 3.40. The Morgan fingerprint density at radius 2 is 1.14 bits per heavy atom. The van der Waals surface area contributed by atoms with E-state index in [-0.39, 0.29) is 0 Å². The molecule has 2 nitrogen and oxygen atoms in total. The molecule has 0 aliphatic rings. The summed E-state index contributed by atoms with van der Waals surface area (Å²) in [7, 11) is 7.88. The summed E-state index contributed by atoms with van der Waals surface area (Å²) in [5, 5.41) is 1.51. The van der Waals surface area contributed by atoms with Crippen LogP contribution in [0.25, 0.3) is 0 Å². The van der Waals surface area contributed by atoms with Crippen molar-refractivity contribution in [2.24, 2.45) is 0 Å². The van der Waals surface area contributed by atoms with Crippen molar-refractivity contribution in [3.05, 3.63) is 98.5 Å². The number of hydrogen-bond acceptors (Lipinski definition) is 2. The first kappa shape index (κ1) is 21.0. The van der Waals surface area contributed by atoms with E-state index < -0.39 is 5.54 Å². The Hall–Kier alpha value is -1.71. The van der Waals surface area contributed by atoms with Crippen molar-refractivity contribution in [1.29, 1.82) is 0 Å². The molecule has 3 rings (SSSR count). The average molecular weight is 434 g/mol. The minimum Gasteiger partial charge on any atom is -0.375 e. The van der Waals surface area contributed by atoms with E-state index in [1.54, 1.807) is 0 Å². The highest BCUT2D eigenvalue weighted by Crippen LogP contribution is 2.49. The number of anilines is 1. The van der Waals surface area contributed by atoms with Crippen LogP contribution in [0, 0.1) is 0 Å². The maximum Gasteiger partial charge on any atom is 0.0983 e. The predicted molar refractivity (Wildman–Crippen MR) is 122 cm³/mol. The molecule has 0 bridgehead atoms. The molecule has 0 unspecified atom stereocenters. The smallest absolute Gasteiger partial charge is 0.0983 e. The zero-order valence-electron chi connectivity index (χ0n) is 16.4. The quantitative estimate of drug-likeness (QED) is 0.332. The Labute approximate surface area is 182 Å². The van der Waals surface area contributed by atoms with Crippen LogP contribution in [-0.2, 0) is 5.54 Å².